The molecule has 0 aromatic rings. The summed E-state index contributed by atoms with van der Waals surface area (Å²) in [7, 11) is 0. The molecule has 5 heteroatoms. The quantitative estimate of drug-likeness (QED) is 0.510. The Bertz CT molecular complexity index is 43.0. The zero-order valence-electron chi connectivity index (χ0n) is 4.13. The van der Waals surface area contributed by atoms with Crippen molar-refractivity contribution in [3.63, 3.8) is 0 Å². The molecular weight excluding hydrogens is 134 g/mol. The Labute approximate surface area is 49.1 Å². The second-order valence-electron chi connectivity index (χ2n) is 0.992. The molecule has 1 N–H and O–H groups in total. The molecule has 0 radical (unpaired) electrons. The lowest BCUT2D eigenvalue weighted by molar-refractivity contribution is 0.582. The first-order chi connectivity index (χ1) is 3.13. The van der Waals surface area contributed by atoms with Crippen molar-refractivity contribution in [1.29, 1.82) is 0 Å². The minimum atomic E-state index is -1.15. The van der Waals surface area contributed by atoms with E-state index < -0.39 is 22.7 Å². The molecule has 7 heavy (non-hydrogen) atoms. The fourth-order valence-corrected chi connectivity index (χ4v) is 1.49. The molecule has 0 saturated carbocycles. The van der Waals surface area contributed by atoms with Gasteiger partial charge >= 0.3 is 0 Å². The van der Waals surface area contributed by atoms with E-state index in [0.717, 1.165) is 0 Å². The van der Waals surface area contributed by atoms with Crippen molar-refractivity contribution in [1.82, 2.24) is 4.13 Å². The third-order valence-corrected chi connectivity index (χ3v) is 2.11. The van der Waals surface area contributed by atoms with Crippen molar-refractivity contribution in [2.45, 2.75) is 0 Å². The maximum absolute atomic E-state index is 10.1. The van der Waals surface area contributed by atoms with Gasteiger partial charge in [0.25, 0.3) is 0 Å². The molecule has 2 atom stereocenters. The van der Waals surface area contributed by atoms with E-state index in [4.69, 9.17) is 0 Å². The van der Waals surface area contributed by atoms with Crippen LogP contribution in [0.15, 0.2) is 0 Å². The Balaban J connectivity index is 2.95. The fourth-order valence-electron chi connectivity index (χ4n) is 0.165. The molecule has 0 amide bonds. The molecule has 0 aliphatic carbocycles. The zero-order chi connectivity index (χ0) is 5.86. The van der Waals surface area contributed by atoms with Gasteiger partial charge < -0.3 is 9.11 Å². The van der Waals surface area contributed by atoms with Crippen LogP contribution in [0.1, 0.15) is 0 Å². The highest BCUT2D eigenvalue weighted by Gasteiger charge is 2.01. The molecule has 0 aromatic carbocycles. The summed E-state index contributed by atoms with van der Waals surface area (Å²) in [5.74, 6) is 0. The number of hydrogen-bond acceptors (Lipinski definition) is 3. The third-order valence-electron chi connectivity index (χ3n) is 0.235. The summed E-state index contributed by atoms with van der Waals surface area (Å²) in [4.78, 5) is 0. The van der Waals surface area contributed by atoms with Crippen molar-refractivity contribution < 1.29 is 9.11 Å². The van der Waals surface area contributed by atoms with Crippen LogP contribution < -0.4 is 4.13 Å². The van der Waals surface area contributed by atoms with Crippen LogP contribution in [0, 0.1) is 0 Å². The molecule has 0 aliphatic heterocycles. The van der Waals surface area contributed by atoms with Gasteiger partial charge in [-0.2, -0.15) is 0 Å². The topological polar surface area (TPSA) is 58.1 Å². The highest BCUT2D eigenvalue weighted by atomic mass is 32.3. The van der Waals surface area contributed by atoms with Crippen molar-refractivity contribution in [2.75, 3.05) is 12.5 Å². The zero-order valence-corrected chi connectivity index (χ0v) is 5.77. The highest BCUT2D eigenvalue weighted by Crippen LogP contribution is 1.78. The van der Waals surface area contributed by atoms with Crippen LogP contribution >= 0.6 is 0 Å². The molecule has 44 valence electrons. The van der Waals surface area contributed by atoms with Crippen LogP contribution in [-0.4, -0.2) is 21.6 Å². The summed E-state index contributed by atoms with van der Waals surface area (Å²) in [6.45, 7) is 0. The summed E-state index contributed by atoms with van der Waals surface area (Å²) in [6.07, 6.45) is 2.86. The van der Waals surface area contributed by atoms with Crippen molar-refractivity contribution in [3.8, 4) is 0 Å². The lowest BCUT2D eigenvalue weighted by atomic mass is 12.0. The second kappa shape index (κ2) is 3.57. The Kier molecular flexibility index (Phi) is 3.86. The monoisotopic (exact) mass is 141 g/mol. The molecule has 0 rings (SSSR count). The van der Waals surface area contributed by atoms with Crippen LogP contribution in [0.25, 0.3) is 0 Å². The van der Waals surface area contributed by atoms with Gasteiger partial charge in [0.05, 0.1) is 22.7 Å². The predicted octanol–water partition coefficient (Wildman–Crippen LogP) is -0.837. The first-order valence-electron chi connectivity index (χ1n) is 1.56. The average molecular weight is 141 g/mol. The van der Waals surface area contributed by atoms with Gasteiger partial charge in [0, 0.05) is 4.13 Å². The molecule has 2 unspecified atom stereocenters. The highest BCUT2D eigenvalue weighted by molar-refractivity contribution is 8.04. The van der Waals surface area contributed by atoms with Gasteiger partial charge in [0.15, 0.2) is 0 Å². The van der Waals surface area contributed by atoms with Crippen molar-refractivity contribution in [3.05, 3.63) is 0 Å². The Hall–Kier alpha value is 0.580. The predicted molar refractivity (Wildman–Crippen MR) is 31.3 cm³/mol. The third kappa shape index (κ3) is 6.58. The number of nitrogens with one attached hydrogen (secondary N) is 1. The first kappa shape index (κ1) is 7.58. The largest absolute Gasteiger partial charge is 0.595 e. The minimum absolute atomic E-state index is 1.15. The Morgan fingerprint density at radius 1 is 1.14 bits per heavy atom. The SMILES string of the molecule is C[S+]([O-])N[S+](C)[O-]. The molecule has 0 aliphatic rings. The van der Waals surface area contributed by atoms with Crippen LogP contribution in [0.3, 0.4) is 0 Å². The smallest absolute Gasteiger partial charge is 0.120 e. The fraction of sp³-hybridized carbons (Fsp3) is 1.00. The van der Waals surface area contributed by atoms with E-state index in [1.165, 1.54) is 12.5 Å². The van der Waals surface area contributed by atoms with E-state index in [-0.39, 0.29) is 0 Å². The Morgan fingerprint density at radius 3 is 1.43 bits per heavy atom. The summed E-state index contributed by atoms with van der Waals surface area (Å²) in [5, 5.41) is 0. The summed E-state index contributed by atoms with van der Waals surface area (Å²) in [6, 6.07) is 0. The molecule has 0 saturated heterocycles. The number of rotatable bonds is 2. The van der Waals surface area contributed by atoms with E-state index in [1.807, 2.05) is 0 Å². The molecular formula is C2H7NO2S2. The van der Waals surface area contributed by atoms with Gasteiger partial charge in [-0.15, -0.1) is 0 Å². The molecule has 0 bridgehead atoms. The standard InChI is InChI=1S/C2H7NO2S2/c1-6(4)3-7(2)5/h3H,1-2H3. The van der Waals surface area contributed by atoms with E-state index >= 15 is 0 Å². The second-order valence-corrected chi connectivity index (χ2v) is 3.47. The molecule has 0 aromatic heterocycles. The van der Waals surface area contributed by atoms with Gasteiger partial charge in [0.1, 0.15) is 12.5 Å². The van der Waals surface area contributed by atoms with Crippen LogP contribution in [0.2, 0.25) is 0 Å². The van der Waals surface area contributed by atoms with Gasteiger partial charge in [0.2, 0.25) is 0 Å². The van der Waals surface area contributed by atoms with Gasteiger partial charge in [-0.1, -0.05) is 0 Å². The lowest BCUT2D eigenvalue weighted by Gasteiger charge is -2.04. The van der Waals surface area contributed by atoms with E-state index in [2.05, 4.69) is 4.13 Å². The van der Waals surface area contributed by atoms with Crippen molar-refractivity contribution >= 4 is 22.7 Å². The van der Waals surface area contributed by atoms with Crippen LogP contribution in [-0.2, 0) is 22.7 Å². The first-order valence-corrected chi connectivity index (χ1v) is 4.67. The lowest BCUT2D eigenvalue weighted by Crippen LogP contribution is -2.27. The van der Waals surface area contributed by atoms with Crippen molar-refractivity contribution in [2.24, 2.45) is 0 Å². The average Bonchev–Trinajstić information content (AvgIpc) is 1.27. The van der Waals surface area contributed by atoms with E-state index in [1.54, 1.807) is 0 Å². The molecule has 0 heterocycles. The Morgan fingerprint density at radius 2 is 1.43 bits per heavy atom. The van der Waals surface area contributed by atoms with Gasteiger partial charge in [-0.25, -0.2) is 0 Å². The molecule has 0 fully saturated rings. The summed E-state index contributed by atoms with van der Waals surface area (Å²) >= 11 is -2.29. The number of hydrogen-bond donors (Lipinski definition) is 1. The minimum Gasteiger partial charge on any atom is -0.595 e. The van der Waals surface area contributed by atoms with E-state index in [9.17, 15) is 9.11 Å². The maximum atomic E-state index is 10.1. The summed E-state index contributed by atoms with van der Waals surface area (Å²) in [5.41, 5.74) is 0. The van der Waals surface area contributed by atoms with Crippen LogP contribution in [0.4, 0.5) is 0 Å². The van der Waals surface area contributed by atoms with E-state index in [0.29, 0.717) is 0 Å². The summed E-state index contributed by atoms with van der Waals surface area (Å²) < 4.78 is 22.4. The normalized spacial score (nSPS) is 18.9. The molecule has 3 nitrogen and oxygen atoms in total. The van der Waals surface area contributed by atoms with Gasteiger partial charge in [-0.05, 0) is 0 Å². The molecule has 0 spiro atoms. The van der Waals surface area contributed by atoms with Crippen LogP contribution in [0.5, 0.6) is 0 Å². The maximum Gasteiger partial charge on any atom is 0.120 e. The van der Waals surface area contributed by atoms with Gasteiger partial charge in [-0.3, -0.25) is 0 Å².